The summed E-state index contributed by atoms with van der Waals surface area (Å²) in [5.41, 5.74) is 1.42. The zero-order chi connectivity index (χ0) is 9.84. The summed E-state index contributed by atoms with van der Waals surface area (Å²) in [5.74, 6) is 2.06. The molecule has 0 amide bonds. The summed E-state index contributed by atoms with van der Waals surface area (Å²) in [6.45, 7) is 6.71. The highest BCUT2D eigenvalue weighted by molar-refractivity contribution is 5.50. The molecule has 0 aromatic heterocycles. The highest BCUT2D eigenvalue weighted by Crippen LogP contribution is 2.34. The van der Waals surface area contributed by atoms with Crippen molar-refractivity contribution in [3.05, 3.63) is 11.6 Å². The molecular weight excluding hydrogens is 160 g/mol. The molecule has 0 aromatic rings. The van der Waals surface area contributed by atoms with E-state index in [1.54, 1.807) is 0 Å². The zero-order valence-electron chi connectivity index (χ0n) is 8.92. The molecule has 0 saturated carbocycles. The van der Waals surface area contributed by atoms with E-state index in [4.69, 9.17) is 0 Å². The second kappa shape index (κ2) is 4.59. The minimum Gasteiger partial charge on any atom is -0.303 e. The van der Waals surface area contributed by atoms with Gasteiger partial charge in [0, 0.05) is 6.42 Å². The first kappa shape index (κ1) is 10.5. The van der Waals surface area contributed by atoms with E-state index in [2.05, 4.69) is 26.8 Å². The van der Waals surface area contributed by atoms with E-state index in [-0.39, 0.29) is 0 Å². The molecule has 0 N–H and O–H groups in total. The smallest absolute Gasteiger partial charge is 0.120 e. The van der Waals surface area contributed by atoms with Gasteiger partial charge < -0.3 is 4.79 Å². The van der Waals surface area contributed by atoms with Crippen LogP contribution < -0.4 is 0 Å². The minimum atomic E-state index is 0.527. The van der Waals surface area contributed by atoms with Gasteiger partial charge in [0.15, 0.2) is 0 Å². The molecular formula is C12H20O. The van der Waals surface area contributed by atoms with Crippen molar-refractivity contribution in [3.8, 4) is 0 Å². The van der Waals surface area contributed by atoms with E-state index in [0.29, 0.717) is 12.3 Å². The third-order valence-corrected chi connectivity index (χ3v) is 3.30. The molecule has 2 atom stereocenters. The van der Waals surface area contributed by atoms with E-state index < -0.39 is 0 Å². The van der Waals surface area contributed by atoms with Crippen LogP contribution in [-0.2, 0) is 4.79 Å². The largest absolute Gasteiger partial charge is 0.303 e. The Morgan fingerprint density at radius 3 is 2.85 bits per heavy atom. The van der Waals surface area contributed by atoms with Crippen molar-refractivity contribution in [2.45, 2.75) is 40.0 Å². The molecule has 1 aliphatic carbocycles. The maximum absolute atomic E-state index is 10.5. The first-order chi connectivity index (χ1) is 6.15. The van der Waals surface area contributed by atoms with Crippen LogP contribution in [0.15, 0.2) is 11.6 Å². The molecule has 0 heterocycles. The Kier molecular flexibility index (Phi) is 3.71. The predicted octanol–water partition coefficient (Wildman–Crippen LogP) is 3.20. The molecule has 1 nitrogen and oxygen atoms in total. The molecule has 0 saturated heterocycles. The Hall–Kier alpha value is -0.590. The minimum absolute atomic E-state index is 0.527. The van der Waals surface area contributed by atoms with E-state index in [1.807, 2.05) is 0 Å². The molecule has 0 aliphatic heterocycles. The van der Waals surface area contributed by atoms with Crippen LogP contribution in [0.25, 0.3) is 0 Å². The molecule has 0 radical (unpaired) electrons. The number of hydrogen-bond donors (Lipinski definition) is 0. The monoisotopic (exact) mass is 180 g/mol. The van der Waals surface area contributed by atoms with Crippen molar-refractivity contribution >= 4 is 6.29 Å². The van der Waals surface area contributed by atoms with Crippen LogP contribution in [0.2, 0.25) is 0 Å². The SMILES string of the molecule is CC1=CC[C@@H](C(C)C)C[C@@H]1CC=O. The van der Waals surface area contributed by atoms with Crippen molar-refractivity contribution in [2.24, 2.45) is 17.8 Å². The van der Waals surface area contributed by atoms with Gasteiger partial charge >= 0.3 is 0 Å². The predicted molar refractivity (Wildman–Crippen MR) is 55.5 cm³/mol. The van der Waals surface area contributed by atoms with Crippen LogP contribution in [-0.4, -0.2) is 6.29 Å². The van der Waals surface area contributed by atoms with Gasteiger partial charge in [-0.25, -0.2) is 0 Å². The second-order valence-corrected chi connectivity index (χ2v) is 4.52. The lowest BCUT2D eigenvalue weighted by Crippen LogP contribution is -2.19. The third-order valence-electron chi connectivity index (χ3n) is 3.30. The molecule has 0 aromatic carbocycles. The first-order valence-corrected chi connectivity index (χ1v) is 5.25. The van der Waals surface area contributed by atoms with Crippen LogP contribution in [0.3, 0.4) is 0 Å². The number of carbonyl (C=O) groups excluding carboxylic acids is 1. The Balaban J connectivity index is 2.59. The number of aldehydes is 1. The molecule has 13 heavy (non-hydrogen) atoms. The lowest BCUT2D eigenvalue weighted by atomic mass is 9.76. The van der Waals surface area contributed by atoms with Gasteiger partial charge in [0.2, 0.25) is 0 Å². The molecule has 74 valence electrons. The summed E-state index contributed by atoms with van der Waals surface area (Å²) in [5, 5.41) is 0. The Morgan fingerprint density at radius 2 is 2.31 bits per heavy atom. The molecule has 0 spiro atoms. The molecule has 0 bridgehead atoms. The fraction of sp³-hybridized carbons (Fsp3) is 0.750. The molecule has 0 unspecified atom stereocenters. The Labute approximate surface area is 81.2 Å². The standard InChI is InChI=1S/C12H20O/c1-9(2)11-5-4-10(3)12(8-11)6-7-13/h4,7,9,11-12H,5-6,8H2,1-3H3/t11-,12+/m1/s1. The molecule has 1 rings (SSSR count). The van der Waals surface area contributed by atoms with Gasteiger partial charge in [-0.2, -0.15) is 0 Å². The van der Waals surface area contributed by atoms with Crippen LogP contribution in [0.1, 0.15) is 40.0 Å². The summed E-state index contributed by atoms with van der Waals surface area (Å²) >= 11 is 0. The topological polar surface area (TPSA) is 17.1 Å². The first-order valence-electron chi connectivity index (χ1n) is 5.25. The second-order valence-electron chi connectivity index (χ2n) is 4.52. The molecule has 0 fully saturated rings. The summed E-state index contributed by atoms with van der Waals surface area (Å²) in [7, 11) is 0. The molecule has 1 aliphatic rings. The Morgan fingerprint density at radius 1 is 1.62 bits per heavy atom. The van der Waals surface area contributed by atoms with Crippen molar-refractivity contribution < 1.29 is 4.79 Å². The number of allylic oxidation sites excluding steroid dienone is 2. The average Bonchev–Trinajstić information content (AvgIpc) is 2.08. The van der Waals surface area contributed by atoms with Gasteiger partial charge in [0.25, 0.3) is 0 Å². The van der Waals surface area contributed by atoms with Gasteiger partial charge in [-0.05, 0) is 37.5 Å². The fourth-order valence-electron chi connectivity index (χ4n) is 2.09. The van der Waals surface area contributed by atoms with Crippen molar-refractivity contribution in [3.63, 3.8) is 0 Å². The number of carbonyl (C=O) groups is 1. The van der Waals surface area contributed by atoms with Crippen molar-refractivity contribution in [1.29, 1.82) is 0 Å². The van der Waals surface area contributed by atoms with Crippen molar-refractivity contribution in [2.75, 3.05) is 0 Å². The van der Waals surface area contributed by atoms with Crippen LogP contribution in [0.5, 0.6) is 0 Å². The third kappa shape index (κ3) is 2.68. The van der Waals surface area contributed by atoms with E-state index >= 15 is 0 Å². The fourth-order valence-corrected chi connectivity index (χ4v) is 2.09. The quantitative estimate of drug-likeness (QED) is 0.481. The zero-order valence-corrected chi connectivity index (χ0v) is 8.92. The number of hydrogen-bond acceptors (Lipinski definition) is 1. The summed E-state index contributed by atoms with van der Waals surface area (Å²) < 4.78 is 0. The van der Waals surface area contributed by atoms with Gasteiger partial charge in [-0.3, -0.25) is 0 Å². The summed E-state index contributed by atoms with van der Waals surface area (Å²) in [6.07, 6.45) is 6.51. The van der Waals surface area contributed by atoms with E-state index in [1.165, 1.54) is 18.4 Å². The summed E-state index contributed by atoms with van der Waals surface area (Å²) in [6, 6.07) is 0. The van der Waals surface area contributed by atoms with Gasteiger partial charge in [-0.15, -0.1) is 0 Å². The average molecular weight is 180 g/mol. The van der Waals surface area contributed by atoms with Gasteiger partial charge in [0.05, 0.1) is 0 Å². The molecule has 1 heteroatoms. The summed E-state index contributed by atoms with van der Waals surface area (Å²) in [4.78, 5) is 10.5. The maximum Gasteiger partial charge on any atom is 0.120 e. The lowest BCUT2D eigenvalue weighted by molar-refractivity contribution is -0.108. The van der Waals surface area contributed by atoms with Gasteiger partial charge in [-0.1, -0.05) is 25.5 Å². The van der Waals surface area contributed by atoms with Crippen LogP contribution in [0.4, 0.5) is 0 Å². The number of rotatable bonds is 3. The lowest BCUT2D eigenvalue weighted by Gasteiger charge is -2.29. The van der Waals surface area contributed by atoms with Crippen LogP contribution in [0, 0.1) is 17.8 Å². The highest BCUT2D eigenvalue weighted by Gasteiger charge is 2.23. The van der Waals surface area contributed by atoms with Crippen LogP contribution >= 0.6 is 0 Å². The van der Waals surface area contributed by atoms with Gasteiger partial charge in [0.1, 0.15) is 6.29 Å². The van der Waals surface area contributed by atoms with E-state index in [0.717, 1.165) is 18.1 Å². The maximum atomic E-state index is 10.5. The normalized spacial score (nSPS) is 28.8. The highest BCUT2D eigenvalue weighted by atomic mass is 16.1. The van der Waals surface area contributed by atoms with Crippen molar-refractivity contribution in [1.82, 2.24) is 0 Å². The Bertz CT molecular complexity index is 203. The van der Waals surface area contributed by atoms with E-state index in [9.17, 15) is 4.79 Å².